The minimum atomic E-state index is -0.318. The second-order valence-electron chi connectivity index (χ2n) is 5.24. The minimum absolute atomic E-state index is 0.0934. The lowest BCUT2D eigenvalue weighted by Gasteiger charge is -2.19. The minimum Gasteiger partial charge on any atom is -0.389 e. The third-order valence-electron chi connectivity index (χ3n) is 3.49. The van der Waals surface area contributed by atoms with E-state index in [0.717, 1.165) is 6.54 Å². The molecule has 2 aromatic carbocycles. The van der Waals surface area contributed by atoms with Crippen molar-refractivity contribution < 1.29 is 4.39 Å². The quantitative estimate of drug-likeness (QED) is 0.858. The highest BCUT2D eigenvalue weighted by molar-refractivity contribution is 7.80. The summed E-state index contributed by atoms with van der Waals surface area (Å²) in [6, 6.07) is 13.4. The Bertz CT molecular complexity index is 655. The fraction of sp³-hybridized carbons (Fsp3) is 0.235. The van der Waals surface area contributed by atoms with Gasteiger partial charge in [0.15, 0.2) is 0 Å². The van der Waals surface area contributed by atoms with Gasteiger partial charge in [-0.2, -0.15) is 0 Å². The maximum absolute atomic E-state index is 14.3. The first-order valence-corrected chi connectivity index (χ1v) is 7.20. The first-order chi connectivity index (χ1) is 9.99. The van der Waals surface area contributed by atoms with E-state index in [1.807, 2.05) is 19.2 Å². The lowest BCUT2D eigenvalue weighted by atomic mass is 10.1. The van der Waals surface area contributed by atoms with Crippen molar-refractivity contribution in [2.45, 2.75) is 20.0 Å². The summed E-state index contributed by atoms with van der Waals surface area (Å²) in [5.41, 5.74) is 8.93. The van der Waals surface area contributed by atoms with Crippen molar-refractivity contribution in [3.8, 4) is 0 Å². The summed E-state index contributed by atoms with van der Waals surface area (Å²) in [6.07, 6.45) is 0. The Hall–Kier alpha value is -1.78. The fourth-order valence-corrected chi connectivity index (χ4v) is 2.47. The fourth-order valence-electron chi connectivity index (χ4n) is 2.32. The van der Waals surface area contributed by atoms with Gasteiger partial charge >= 0.3 is 0 Å². The first kappa shape index (κ1) is 15.6. The standard InChI is InChI=1S/C17H19FN2S/c1-12-6-3-4-7-13(12)10-20(2)11-14-8-5-9-15(16(14)18)17(19)21/h3-9H,10-11H2,1-2H3,(H2,19,21). The van der Waals surface area contributed by atoms with Crippen LogP contribution in [0.5, 0.6) is 0 Å². The molecule has 0 radical (unpaired) electrons. The van der Waals surface area contributed by atoms with E-state index < -0.39 is 0 Å². The van der Waals surface area contributed by atoms with Crippen LogP contribution in [0.2, 0.25) is 0 Å². The number of benzene rings is 2. The molecule has 2 rings (SSSR count). The van der Waals surface area contributed by atoms with Gasteiger partial charge in [-0.05, 0) is 31.2 Å². The zero-order valence-electron chi connectivity index (χ0n) is 12.3. The smallest absolute Gasteiger partial charge is 0.137 e. The zero-order valence-corrected chi connectivity index (χ0v) is 13.1. The van der Waals surface area contributed by atoms with Crippen molar-refractivity contribution in [3.63, 3.8) is 0 Å². The summed E-state index contributed by atoms with van der Waals surface area (Å²) < 4.78 is 14.3. The van der Waals surface area contributed by atoms with Crippen LogP contribution in [0, 0.1) is 12.7 Å². The van der Waals surface area contributed by atoms with E-state index in [1.54, 1.807) is 18.2 Å². The molecule has 0 aliphatic carbocycles. The molecule has 0 saturated carbocycles. The van der Waals surface area contributed by atoms with E-state index in [0.29, 0.717) is 17.7 Å². The van der Waals surface area contributed by atoms with E-state index in [2.05, 4.69) is 24.0 Å². The molecule has 0 amide bonds. The number of nitrogens with two attached hydrogens (primary N) is 1. The van der Waals surface area contributed by atoms with Gasteiger partial charge in [-0.1, -0.05) is 48.6 Å². The van der Waals surface area contributed by atoms with Crippen LogP contribution in [0.1, 0.15) is 22.3 Å². The third kappa shape index (κ3) is 3.86. The van der Waals surface area contributed by atoms with Crippen molar-refractivity contribution >= 4 is 17.2 Å². The van der Waals surface area contributed by atoms with Gasteiger partial charge < -0.3 is 5.73 Å². The number of nitrogens with zero attached hydrogens (tertiary/aromatic N) is 1. The molecular formula is C17H19FN2S. The first-order valence-electron chi connectivity index (χ1n) is 6.79. The molecule has 2 N–H and O–H groups in total. The molecule has 0 bridgehead atoms. The van der Waals surface area contributed by atoms with Crippen molar-refractivity contribution in [3.05, 3.63) is 70.5 Å². The highest BCUT2D eigenvalue weighted by atomic mass is 32.1. The van der Waals surface area contributed by atoms with Crippen molar-refractivity contribution in [2.75, 3.05) is 7.05 Å². The van der Waals surface area contributed by atoms with Crippen LogP contribution >= 0.6 is 12.2 Å². The Morgan fingerprint density at radius 3 is 2.38 bits per heavy atom. The monoisotopic (exact) mass is 302 g/mol. The Morgan fingerprint density at radius 2 is 1.71 bits per heavy atom. The number of halogens is 1. The van der Waals surface area contributed by atoms with E-state index in [-0.39, 0.29) is 10.8 Å². The molecule has 0 aromatic heterocycles. The van der Waals surface area contributed by atoms with E-state index >= 15 is 0 Å². The molecule has 0 aliphatic heterocycles. The molecule has 110 valence electrons. The zero-order chi connectivity index (χ0) is 15.4. The van der Waals surface area contributed by atoms with Crippen LogP contribution in [-0.4, -0.2) is 16.9 Å². The highest BCUT2D eigenvalue weighted by Gasteiger charge is 2.12. The normalized spacial score (nSPS) is 10.9. The van der Waals surface area contributed by atoms with E-state index in [9.17, 15) is 4.39 Å². The Balaban J connectivity index is 2.13. The van der Waals surface area contributed by atoms with E-state index in [4.69, 9.17) is 18.0 Å². The number of hydrogen-bond donors (Lipinski definition) is 1. The van der Waals surface area contributed by atoms with Gasteiger partial charge in [0.2, 0.25) is 0 Å². The summed E-state index contributed by atoms with van der Waals surface area (Å²) >= 11 is 4.87. The summed E-state index contributed by atoms with van der Waals surface area (Å²) in [7, 11) is 1.97. The van der Waals surface area contributed by atoms with Crippen molar-refractivity contribution in [1.82, 2.24) is 4.90 Å². The maximum Gasteiger partial charge on any atom is 0.137 e. The highest BCUT2D eigenvalue weighted by Crippen LogP contribution is 2.16. The van der Waals surface area contributed by atoms with Gasteiger partial charge in [0.25, 0.3) is 0 Å². The lowest BCUT2D eigenvalue weighted by Crippen LogP contribution is -2.20. The van der Waals surface area contributed by atoms with E-state index in [1.165, 1.54) is 11.1 Å². The van der Waals surface area contributed by atoms with Crippen LogP contribution in [0.3, 0.4) is 0 Å². The van der Waals surface area contributed by atoms with Gasteiger partial charge in [0.05, 0.1) is 0 Å². The van der Waals surface area contributed by atoms with Crippen LogP contribution in [0.25, 0.3) is 0 Å². The summed E-state index contributed by atoms with van der Waals surface area (Å²) in [6.45, 7) is 3.36. The molecule has 0 atom stereocenters. The summed E-state index contributed by atoms with van der Waals surface area (Å²) in [5.74, 6) is -0.318. The van der Waals surface area contributed by atoms with Gasteiger partial charge in [0.1, 0.15) is 10.8 Å². The molecular weight excluding hydrogens is 283 g/mol. The largest absolute Gasteiger partial charge is 0.389 e. The molecule has 0 saturated heterocycles. The molecule has 2 nitrogen and oxygen atoms in total. The van der Waals surface area contributed by atoms with Crippen molar-refractivity contribution in [1.29, 1.82) is 0 Å². The van der Waals surface area contributed by atoms with Gasteiger partial charge in [-0.25, -0.2) is 4.39 Å². The lowest BCUT2D eigenvalue weighted by molar-refractivity contribution is 0.313. The number of rotatable bonds is 5. The number of aryl methyl sites for hydroxylation is 1. The molecule has 0 spiro atoms. The Kier molecular flexibility index (Phi) is 5.04. The molecule has 0 aliphatic rings. The van der Waals surface area contributed by atoms with Gasteiger partial charge in [-0.3, -0.25) is 4.90 Å². The van der Waals surface area contributed by atoms with Crippen LogP contribution in [0.4, 0.5) is 4.39 Å². The topological polar surface area (TPSA) is 29.3 Å². The second-order valence-corrected chi connectivity index (χ2v) is 5.68. The summed E-state index contributed by atoms with van der Waals surface area (Å²) in [5, 5.41) is 0. The van der Waals surface area contributed by atoms with Crippen LogP contribution in [-0.2, 0) is 13.1 Å². The number of thiocarbonyl (C=S) groups is 1. The molecule has 0 heterocycles. The van der Waals surface area contributed by atoms with Crippen LogP contribution in [0.15, 0.2) is 42.5 Å². The molecule has 0 fully saturated rings. The molecule has 4 heteroatoms. The second kappa shape index (κ2) is 6.78. The maximum atomic E-state index is 14.3. The average molecular weight is 302 g/mol. The third-order valence-corrected chi connectivity index (χ3v) is 3.71. The Morgan fingerprint density at radius 1 is 1.10 bits per heavy atom. The SMILES string of the molecule is Cc1ccccc1CN(C)Cc1cccc(C(N)=S)c1F. The number of hydrogen-bond acceptors (Lipinski definition) is 2. The van der Waals surface area contributed by atoms with Gasteiger partial charge in [0, 0.05) is 24.2 Å². The molecule has 21 heavy (non-hydrogen) atoms. The Labute approximate surface area is 130 Å². The average Bonchev–Trinajstić information content (AvgIpc) is 2.43. The van der Waals surface area contributed by atoms with Crippen molar-refractivity contribution in [2.24, 2.45) is 5.73 Å². The molecule has 0 unspecified atom stereocenters. The molecule has 2 aromatic rings. The van der Waals surface area contributed by atoms with Gasteiger partial charge in [-0.15, -0.1) is 0 Å². The summed E-state index contributed by atoms with van der Waals surface area (Å²) in [4.78, 5) is 2.17. The predicted molar refractivity (Wildman–Crippen MR) is 88.6 cm³/mol. The van der Waals surface area contributed by atoms with Crippen LogP contribution < -0.4 is 5.73 Å². The predicted octanol–water partition coefficient (Wildman–Crippen LogP) is 3.40.